The molecule has 0 atom stereocenters. The maximum atomic E-state index is 12.3. The second-order valence-corrected chi connectivity index (χ2v) is 5.89. The maximum absolute atomic E-state index is 12.3. The quantitative estimate of drug-likeness (QED) is 0.572. The highest BCUT2D eigenvalue weighted by Crippen LogP contribution is 2.27. The molecule has 4 rings (SSSR count). The lowest BCUT2D eigenvalue weighted by atomic mass is 10.1. The molecule has 0 saturated carbocycles. The number of carbonyl (C=O) groups excluding carboxylic acids is 1. The molecule has 1 aromatic heterocycles. The van der Waals surface area contributed by atoms with E-state index in [2.05, 4.69) is 10.3 Å². The lowest BCUT2D eigenvalue weighted by Crippen LogP contribution is -2.11. The monoisotopic (exact) mass is 328 g/mol. The van der Waals surface area contributed by atoms with E-state index in [1.54, 1.807) is 18.2 Å². The Labute approximate surface area is 145 Å². The zero-order valence-corrected chi connectivity index (χ0v) is 13.7. The Morgan fingerprint density at radius 2 is 1.80 bits per heavy atom. The van der Waals surface area contributed by atoms with Gasteiger partial charge in [0.15, 0.2) is 5.58 Å². The minimum Gasteiger partial charge on any atom is -0.436 e. The highest BCUT2D eigenvalue weighted by molar-refractivity contribution is 6.04. The summed E-state index contributed by atoms with van der Waals surface area (Å²) in [6.07, 6.45) is 0. The minimum atomic E-state index is -0.154. The van der Waals surface area contributed by atoms with Gasteiger partial charge in [-0.2, -0.15) is 0 Å². The lowest BCUT2D eigenvalue weighted by molar-refractivity contribution is 0.102. The molecule has 4 aromatic rings. The number of fused-ring (bicyclic) bond motifs is 1. The highest BCUT2D eigenvalue weighted by atomic mass is 16.3. The van der Waals surface area contributed by atoms with Crippen LogP contribution in [0.2, 0.25) is 0 Å². The van der Waals surface area contributed by atoms with Gasteiger partial charge in [0.1, 0.15) is 5.52 Å². The average molecular weight is 328 g/mol. The fraction of sp³-hybridized carbons (Fsp3) is 0.0476. The maximum Gasteiger partial charge on any atom is 0.255 e. The third-order valence-corrected chi connectivity index (χ3v) is 3.95. The van der Waals surface area contributed by atoms with Crippen LogP contribution in [0, 0.1) is 6.92 Å². The second-order valence-electron chi connectivity index (χ2n) is 5.89. The van der Waals surface area contributed by atoms with Crippen LogP contribution in [0.15, 0.2) is 77.2 Å². The fourth-order valence-electron chi connectivity index (χ4n) is 2.70. The van der Waals surface area contributed by atoms with Gasteiger partial charge in [0, 0.05) is 22.9 Å². The first kappa shape index (κ1) is 15.1. The summed E-state index contributed by atoms with van der Waals surface area (Å²) >= 11 is 0. The molecule has 4 nitrogen and oxygen atoms in total. The summed E-state index contributed by atoms with van der Waals surface area (Å²) in [4.78, 5) is 16.8. The topological polar surface area (TPSA) is 55.1 Å². The van der Waals surface area contributed by atoms with Crippen LogP contribution in [0.3, 0.4) is 0 Å². The van der Waals surface area contributed by atoms with E-state index in [9.17, 15) is 4.79 Å². The molecule has 1 heterocycles. The molecule has 1 amide bonds. The standard InChI is InChI=1S/C21H16N2O2/c1-14-6-5-9-16(12-14)21-23-18-11-10-17(13-19(18)25-21)22-20(24)15-7-3-2-4-8-15/h2-13H,1H3,(H,22,24). The molecule has 4 heteroatoms. The molecule has 1 N–H and O–H groups in total. The highest BCUT2D eigenvalue weighted by Gasteiger charge is 2.11. The second kappa shape index (κ2) is 6.24. The van der Waals surface area contributed by atoms with Crippen molar-refractivity contribution in [3.63, 3.8) is 0 Å². The van der Waals surface area contributed by atoms with Gasteiger partial charge in [-0.05, 0) is 43.3 Å². The van der Waals surface area contributed by atoms with Gasteiger partial charge in [0.05, 0.1) is 0 Å². The van der Waals surface area contributed by atoms with Gasteiger partial charge in [-0.3, -0.25) is 4.79 Å². The number of aromatic nitrogens is 1. The Morgan fingerprint density at radius 3 is 2.60 bits per heavy atom. The van der Waals surface area contributed by atoms with E-state index in [0.717, 1.165) is 16.6 Å². The zero-order valence-electron chi connectivity index (χ0n) is 13.7. The number of nitrogens with zero attached hydrogens (tertiary/aromatic N) is 1. The van der Waals surface area contributed by atoms with Crippen LogP contribution in [-0.2, 0) is 0 Å². The Balaban J connectivity index is 1.63. The molecule has 0 fully saturated rings. The van der Waals surface area contributed by atoms with Crippen molar-refractivity contribution in [1.29, 1.82) is 0 Å². The van der Waals surface area contributed by atoms with Crippen molar-refractivity contribution in [1.82, 2.24) is 4.98 Å². The summed E-state index contributed by atoms with van der Waals surface area (Å²) in [5.74, 6) is 0.420. The van der Waals surface area contributed by atoms with Gasteiger partial charge in [0.2, 0.25) is 5.89 Å². The van der Waals surface area contributed by atoms with Crippen LogP contribution in [0.1, 0.15) is 15.9 Å². The molecule has 0 unspecified atom stereocenters. The molecule has 122 valence electrons. The van der Waals surface area contributed by atoms with Gasteiger partial charge in [-0.15, -0.1) is 0 Å². The van der Waals surface area contributed by atoms with Gasteiger partial charge in [0.25, 0.3) is 5.91 Å². The van der Waals surface area contributed by atoms with Crippen LogP contribution in [0.5, 0.6) is 0 Å². The van der Waals surface area contributed by atoms with Crippen molar-refractivity contribution < 1.29 is 9.21 Å². The first-order valence-electron chi connectivity index (χ1n) is 8.03. The first-order valence-corrected chi connectivity index (χ1v) is 8.03. The average Bonchev–Trinajstić information content (AvgIpc) is 3.06. The van der Waals surface area contributed by atoms with Crippen molar-refractivity contribution in [2.75, 3.05) is 5.32 Å². The van der Waals surface area contributed by atoms with E-state index in [4.69, 9.17) is 4.42 Å². The van der Waals surface area contributed by atoms with Crippen molar-refractivity contribution in [2.45, 2.75) is 6.92 Å². The Kier molecular flexibility index (Phi) is 3.78. The largest absolute Gasteiger partial charge is 0.436 e. The van der Waals surface area contributed by atoms with E-state index in [-0.39, 0.29) is 5.91 Å². The summed E-state index contributed by atoms with van der Waals surface area (Å²) in [5.41, 5.74) is 4.77. The number of benzene rings is 3. The number of hydrogen-bond donors (Lipinski definition) is 1. The number of amides is 1. The predicted octanol–water partition coefficient (Wildman–Crippen LogP) is 5.06. The smallest absolute Gasteiger partial charge is 0.255 e. The van der Waals surface area contributed by atoms with E-state index < -0.39 is 0 Å². The van der Waals surface area contributed by atoms with Crippen LogP contribution in [-0.4, -0.2) is 10.9 Å². The zero-order chi connectivity index (χ0) is 17.2. The molecule has 25 heavy (non-hydrogen) atoms. The van der Waals surface area contributed by atoms with Crippen molar-refractivity contribution in [3.8, 4) is 11.5 Å². The summed E-state index contributed by atoms with van der Waals surface area (Å²) in [6.45, 7) is 2.03. The van der Waals surface area contributed by atoms with Gasteiger partial charge in [-0.1, -0.05) is 35.9 Å². The van der Waals surface area contributed by atoms with Crippen molar-refractivity contribution in [2.24, 2.45) is 0 Å². The van der Waals surface area contributed by atoms with Crippen molar-refractivity contribution >= 4 is 22.7 Å². The van der Waals surface area contributed by atoms with Gasteiger partial charge < -0.3 is 9.73 Å². The molecule has 3 aromatic carbocycles. The van der Waals surface area contributed by atoms with Gasteiger partial charge in [-0.25, -0.2) is 4.98 Å². The molecule has 0 bridgehead atoms. The van der Waals surface area contributed by atoms with Crippen LogP contribution in [0.25, 0.3) is 22.6 Å². The first-order chi connectivity index (χ1) is 12.2. The Bertz CT molecular complexity index is 1050. The number of aryl methyl sites for hydroxylation is 1. The van der Waals surface area contributed by atoms with E-state index in [0.29, 0.717) is 22.7 Å². The molecular weight excluding hydrogens is 312 g/mol. The van der Waals surface area contributed by atoms with Crippen LogP contribution in [0.4, 0.5) is 5.69 Å². The molecule has 0 aliphatic rings. The third kappa shape index (κ3) is 3.15. The summed E-state index contributed by atoms with van der Waals surface area (Å²) in [6, 6.07) is 22.6. The number of oxazole rings is 1. The number of rotatable bonds is 3. The number of anilines is 1. The van der Waals surface area contributed by atoms with E-state index in [1.807, 2.05) is 61.5 Å². The number of carbonyl (C=O) groups is 1. The minimum absolute atomic E-state index is 0.154. The van der Waals surface area contributed by atoms with Gasteiger partial charge >= 0.3 is 0 Å². The third-order valence-electron chi connectivity index (χ3n) is 3.95. The Hall–Kier alpha value is -3.40. The SMILES string of the molecule is Cc1cccc(-c2nc3ccc(NC(=O)c4ccccc4)cc3o2)c1. The molecular formula is C21H16N2O2. The van der Waals surface area contributed by atoms with Crippen molar-refractivity contribution in [3.05, 3.63) is 83.9 Å². The van der Waals surface area contributed by atoms with Crippen LogP contribution < -0.4 is 5.32 Å². The number of hydrogen-bond acceptors (Lipinski definition) is 3. The molecule has 0 aliphatic heterocycles. The molecule has 0 aliphatic carbocycles. The fourth-order valence-corrected chi connectivity index (χ4v) is 2.70. The summed E-state index contributed by atoms with van der Waals surface area (Å²) < 4.78 is 5.87. The summed E-state index contributed by atoms with van der Waals surface area (Å²) in [5, 5.41) is 2.88. The normalized spacial score (nSPS) is 10.8. The molecule has 0 spiro atoms. The molecule has 0 radical (unpaired) electrons. The molecule has 0 saturated heterocycles. The predicted molar refractivity (Wildman–Crippen MR) is 98.6 cm³/mol. The Morgan fingerprint density at radius 1 is 0.960 bits per heavy atom. The van der Waals surface area contributed by atoms with E-state index in [1.165, 1.54) is 0 Å². The number of nitrogens with one attached hydrogen (secondary N) is 1. The van der Waals surface area contributed by atoms with Crippen LogP contribution >= 0.6 is 0 Å². The summed E-state index contributed by atoms with van der Waals surface area (Å²) in [7, 11) is 0. The van der Waals surface area contributed by atoms with E-state index >= 15 is 0 Å². The lowest BCUT2D eigenvalue weighted by Gasteiger charge is -2.04.